The molecule has 0 bridgehead atoms. The van der Waals surface area contributed by atoms with Crippen molar-refractivity contribution in [1.82, 2.24) is 15.0 Å². The quantitative estimate of drug-likeness (QED) is 0.178. The zero-order valence-corrected chi connectivity index (χ0v) is 30.3. The molecule has 3 heterocycles. The molecule has 9 aromatic rings. The largest absolute Gasteiger partial charge is 0.457 e. The van der Waals surface area contributed by atoms with Crippen LogP contribution in [0.1, 0.15) is 22.3 Å². The maximum atomic E-state index is 7.04. The topological polar surface area (TPSA) is 47.9 Å². The summed E-state index contributed by atoms with van der Waals surface area (Å²) in [5, 5.41) is 0. The molecule has 2 aromatic heterocycles. The van der Waals surface area contributed by atoms with Crippen LogP contribution in [0.15, 0.2) is 200 Å². The fourth-order valence-electron chi connectivity index (χ4n) is 8.71. The lowest BCUT2D eigenvalue weighted by molar-refractivity contribution is 0.437. The van der Waals surface area contributed by atoms with Gasteiger partial charge in [0, 0.05) is 39.6 Å². The van der Waals surface area contributed by atoms with Crippen LogP contribution in [0.4, 0.5) is 0 Å². The number of rotatable bonds is 5. The molecule has 0 N–H and O–H groups in total. The number of hydrogen-bond donors (Lipinski definition) is 0. The van der Waals surface area contributed by atoms with Gasteiger partial charge in [0.25, 0.3) is 0 Å². The SMILES string of the molecule is c1ccc(-c2cccc(-c3cc(-c4ccc5c(c4)Oc4cc(-c6ccccn6)ccc4C54c5ccccc5-c5ccccc54)nc(-c4ccccc4)n3)c2)cc1. The molecule has 0 radical (unpaired) electrons. The van der Waals surface area contributed by atoms with E-state index in [2.05, 4.69) is 157 Å². The zero-order chi connectivity index (χ0) is 37.1. The van der Waals surface area contributed by atoms with Gasteiger partial charge in [-0.1, -0.05) is 158 Å². The summed E-state index contributed by atoms with van der Waals surface area (Å²) in [5.74, 6) is 2.28. The van der Waals surface area contributed by atoms with Gasteiger partial charge in [-0.15, -0.1) is 0 Å². The van der Waals surface area contributed by atoms with Crippen molar-refractivity contribution in [2.75, 3.05) is 0 Å². The highest BCUT2D eigenvalue weighted by Crippen LogP contribution is 2.62. The van der Waals surface area contributed by atoms with E-state index >= 15 is 0 Å². The summed E-state index contributed by atoms with van der Waals surface area (Å²) in [7, 11) is 0. The molecule has 11 rings (SSSR count). The fraction of sp³-hybridized carbons (Fsp3) is 0.0192. The normalized spacial score (nSPS) is 12.9. The predicted octanol–water partition coefficient (Wildman–Crippen LogP) is 12.7. The average molecular weight is 716 g/mol. The molecule has 0 saturated heterocycles. The second-order valence-corrected chi connectivity index (χ2v) is 14.4. The first-order valence-electron chi connectivity index (χ1n) is 18.9. The highest BCUT2D eigenvalue weighted by Gasteiger charge is 2.51. The van der Waals surface area contributed by atoms with Crippen LogP contribution in [-0.4, -0.2) is 15.0 Å². The number of ether oxygens (including phenoxy) is 1. The van der Waals surface area contributed by atoms with E-state index in [1.807, 2.05) is 48.7 Å². The molecule has 0 fully saturated rings. The number of fused-ring (bicyclic) bond motifs is 9. The van der Waals surface area contributed by atoms with Crippen molar-refractivity contribution in [2.45, 2.75) is 5.41 Å². The van der Waals surface area contributed by atoms with Gasteiger partial charge < -0.3 is 4.74 Å². The first kappa shape index (κ1) is 32.0. The van der Waals surface area contributed by atoms with Crippen molar-refractivity contribution in [3.63, 3.8) is 0 Å². The first-order valence-corrected chi connectivity index (χ1v) is 18.9. The van der Waals surface area contributed by atoms with E-state index in [4.69, 9.17) is 14.7 Å². The Hall–Kier alpha value is -7.43. The molecule has 0 amide bonds. The Kier molecular flexibility index (Phi) is 7.36. The van der Waals surface area contributed by atoms with Gasteiger partial charge in [0.15, 0.2) is 5.82 Å². The monoisotopic (exact) mass is 715 g/mol. The second kappa shape index (κ2) is 12.9. The molecule has 0 saturated carbocycles. The van der Waals surface area contributed by atoms with Crippen LogP contribution < -0.4 is 4.74 Å². The van der Waals surface area contributed by atoms with Gasteiger partial charge in [-0.05, 0) is 69.8 Å². The number of aromatic nitrogens is 3. The molecule has 1 aliphatic carbocycles. The Morgan fingerprint density at radius 2 is 0.857 bits per heavy atom. The van der Waals surface area contributed by atoms with Crippen molar-refractivity contribution < 1.29 is 4.74 Å². The first-order chi connectivity index (χ1) is 27.7. The molecule has 4 nitrogen and oxygen atoms in total. The molecule has 2 aliphatic rings. The van der Waals surface area contributed by atoms with Crippen LogP contribution in [0.25, 0.3) is 67.4 Å². The highest BCUT2D eigenvalue weighted by atomic mass is 16.5. The standard InChI is InChI=1S/C52H33N3O/c1-3-14-34(15-4-1)36-18-13-19-37(30-36)47-33-48(55-51(54-47)35-16-5-2-6-17-35)39-26-28-45-50(32-39)56-49-31-38(46-24-11-12-29-53-46)25-27-44(49)52(45)42-22-9-7-20-40(42)41-21-8-10-23-43(41)52/h1-33H. The fourth-order valence-corrected chi connectivity index (χ4v) is 8.71. The Balaban J connectivity index is 1.12. The molecule has 7 aromatic carbocycles. The molecule has 262 valence electrons. The zero-order valence-electron chi connectivity index (χ0n) is 30.3. The van der Waals surface area contributed by atoms with Gasteiger partial charge in [-0.25, -0.2) is 9.97 Å². The van der Waals surface area contributed by atoms with Crippen LogP contribution in [-0.2, 0) is 5.41 Å². The summed E-state index contributed by atoms with van der Waals surface area (Å²) < 4.78 is 7.04. The highest BCUT2D eigenvalue weighted by molar-refractivity contribution is 5.89. The molecule has 4 heteroatoms. The van der Waals surface area contributed by atoms with Crippen molar-refractivity contribution in [3.8, 4) is 78.9 Å². The lowest BCUT2D eigenvalue weighted by Gasteiger charge is -2.39. The van der Waals surface area contributed by atoms with Crippen molar-refractivity contribution in [2.24, 2.45) is 0 Å². The van der Waals surface area contributed by atoms with Crippen LogP contribution in [0.3, 0.4) is 0 Å². The van der Waals surface area contributed by atoms with Crippen LogP contribution in [0, 0.1) is 0 Å². The molecule has 56 heavy (non-hydrogen) atoms. The minimum Gasteiger partial charge on any atom is -0.457 e. The average Bonchev–Trinajstić information content (AvgIpc) is 3.57. The van der Waals surface area contributed by atoms with E-state index in [-0.39, 0.29) is 0 Å². The van der Waals surface area contributed by atoms with E-state index < -0.39 is 5.41 Å². The smallest absolute Gasteiger partial charge is 0.160 e. The summed E-state index contributed by atoms with van der Waals surface area (Å²) in [6.07, 6.45) is 1.83. The number of nitrogens with zero attached hydrogens (tertiary/aromatic N) is 3. The molecule has 0 atom stereocenters. The molecular weight excluding hydrogens is 683 g/mol. The lowest BCUT2D eigenvalue weighted by Crippen LogP contribution is -2.32. The maximum absolute atomic E-state index is 7.04. The van der Waals surface area contributed by atoms with E-state index in [1.165, 1.54) is 22.3 Å². The van der Waals surface area contributed by atoms with Crippen molar-refractivity contribution >= 4 is 0 Å². The van der Waals surface area contributed by atoms with E-state index in [9.17, 15) is 0 Å². The second-order valence-electron chi connectivity index (χ2n) is 14.4. The van der Waals surface area contributed by atoms with Crippen LogP contribution in [0.2, 0.25) is 0 Å². The van der Waals surface area contributed by atoms with E-state index in [1.54, 1.807) is 0 Å². The summed E-state index contributed by atoms with van der Waals surface area (Å²) in [4.78, 5) is 15.0. The van der Waals surface area contributed by atoms with Gasteiger partial charge in [0.2, 0.25) is 0 Å². The lowest BCUT2D eigenvalue weighted by atomic mass is 9.66. The number of pyridine rings is 1. The molecular formula is C52H33N3O. The number of benzene rings is 7. The third-order valence-electron chi connectivity index (χ3n) is 11.2. The van der Waals surface area contributed by atoms with Crippen molar-refractivity contribution in [1.29, 1.82) is 0 Å². The predicted molar refractivity (Wildman–Crippen MR) is 224 cm³/mol. The van der Waals surface area contributed by atoms with Gasteiger partial charge in [-0.2, -0.15) is 0 Å². The maximum Gasteiger partial charge on any atom is 0.160 e. The van der Waals surface area contributed by atoms with E-state index in [0.717, 1.165) is 73.1 Å². The minimum atomic E-state index is -0.582. The Morgan fingerprint density at radius 3 is 1.48 bits per heavy atom. The Bertz CT molecular complexity index is 2900. The molecule has 1 spiro atoms. The van der Waals surface area contributed by atoms with Gasteiger partial charge in [-0.3, -0.25) is 4.98 Å². The Labute approximate surface area is 325 Å². The summed E-state index contributed by atoms with van der Waals surface area (Å²) in [6, 6.07) is 68.1. The van der Waals surface area contributed by atoms with E-state index in [0.29, 0.717) is 5.82 Å². The molecule has 0 unspecified atom stereocenters. The van der Waals surface area contributed by atoms with Crippen LogP contribution in [0.5, 0.6) is 11.5 Å². The van der Waals surface area contributed by atoms with Gasteiger partial charge >= 0.3 is 0 Å². The van der Waals surface area contributed by atoms with Crippen molar-refractivity contribution in [3.05, 3.63) is 223 Å². The summed E-state index contributed by atoms with van der Waals surface area (Å²) in [6.45, 7) is 0. The summed E-state index contributed by atoms with van der Waals surface area (Å²) in [5.41, 5.74) is 15.4. The summed E-state index contributed by atoms with van der Waals surface area (Å²) >= 11 is 0. The van der Waals surface area contributed by atoms with Crippen LogP contribution >= 0.6 is 0 Å². The minimum absolute atomic E-state index is 0.582. The third-order valence-corrected chi connectivity index (χ3v) is 11.2. The van der Waals surface area contributed by atoms with Gasteiger partial charge in [0.05, 0.1) is 22.5 Å². The van der Waals surface area contributed by atoms with Gasteiger partial charge in [0.1, 0.15) is 11.5 Å². The third kappa shape index (κ3) is 5.04. The number of hydrogen-bond acceptors (Lipinski definition) is 4. The molecule has 1 aliphatic heterocycles. The Morgan fingerprint density at radius 1 is 0.339 bits per heavy atom.